The van der Waals surface area contributed by atoms with Crippen LogP contribution in [-0.2, 0) is 0 Å². The zero-order valence-corrected chi connectivity index (χ0v) is 10.2. The number of ether oxygens (including phenoxy) is 1. The van der Waals surface area contributed by atoms with Gasteiger partial charge in [-0.25, -0.2) is 0 Å². The minimum Gasteiger partial charge on any atom is -0.457 e. The van der Waals surface area contributed by atoms with Gasteiger partial charge in [-0.15, -0.1) is 0 Å². The fourth-order valence-corrected chi connectivity index (χ4v) is 1.70. The maximum absolute atomic E-state index is 5.89. The summed E-state index contributed by atoms with van der Waals surface area (Å²) in [5, 5.41) is 0. The van der Waals surface area contributed by atoms with Crippen LogP contribution in [0.5, 0.6) is 11.5 Å². The van der Waals surface area contributed by atoms with E-state index in [-0.39, 0.29) is 0 Å². The molecule has 1 heteroatoms. The lowest BCUT2D eigenvalue weighted by atomic mass is 10.2. The fourth-order valence-electron chi connectivity index (χ4n) is 1.70. The first-order chi connectivity index (χ1) is 8.29. The molecule has 0 aliphatic heterocycles. The van der Waals surface area contributed by atoms with Crippen LogP contribution >= 0.6 is 0 Å². The molecule has 0 bridgehead atoms. The standard InChI is InChI=1S/C16H16O/c1-3-7-14-9-4-5-11-16(14)17-15-10-6-8-13(2)12-15/h3-12H,1-2H3. The molecule has 2 rings (SSSR count). The van der Waals surface area contributed by atoms with Crippen LogP contribution in [0.2, 0.25) is 0 Å². The third-order valence-electron chi connectivity index (χ3n) is 2.48. The molecule has 0 amide bonds. The molecule has 0 aliphatic carbocycles. The lowest BCUT2D eigenvalue weighted by Crippen LogP contribution is -1.87. The first kappa shape index (κ1) is 11.5. The highest BCUT2D eigenvalue weighted by Crippen LogP contribution is 2.26. The Bertz CT molecular complexity index is 527. The van der Waals surface area contributed by atoms with Crippen LogP contribution in [-0.4, -0.2) is 0 Å². The van der Waals surface area contributed by atoms with Crippen molar-refractivity contribution in [2.24, 2.45) is 0 Å². The van der Waals surface area contributed by atoms with Crippen molar-refractivity contribution in [1.29, 1.82) is 0 Å². The van der Waals surface area contributed by atoms with E-state index < -0.39 is 0 Å². The number of hydrogen-bond donors (Lipinski definition) is 0. The first-order valence-corrected chi connectivity index (χ1v) is 5.76. The van der Waals surface area contributed by atoms with Gasteiger partial charge in [-0.2, -0.15) is 0 Å². The molecule has 0 saturated carbocycles. The Morgan fingerprint density at radius 1 is 1.00 bits per heavy atom. The molecule has 0 unspecified atom stereocenters. The molecule has 0 heterocycles. The van der Waals surface area contributed by atoms with Crippen LogP contribution in [0.3, 0.4) is 0 Å². The van der Waals surface area contributed by atoms with Gasteiger partial charge in [0, 0.05) is 5.56 Å². The number of allylic oxidation sites excluding steroid dienone is 1. The quantitative estimate of drug-likeness (QED) is 0.726. The van der Waals surface area contributed by atoms with E-state index in [0.717, 1.165) is 17.1 Å². The first-order valence-electron chi connectivity index (χ1n) is 5.76. The molecule has 0 aromatic heterocycles. The Hall–Kier alpha value is -2.02. The lowest BCUT2D eigenvalue weighted by Gasteiger charge is -2.09. The van der Waals surface area contributed by atoms with E-state index >= 15 is 0 Å². The van der Waals surface area contributed by atoms with Crippen LogP contribution in [0, 0.1) is 6.92 Å². The predicted octanol–water partition coefficient (Wildman–Crippen LogP) is 4.82. The summed E-state index contributed by atoms with van der Waals surface area (Å²) in [4.78, 5) is 0. The number of hydrogen-bond acceptors (Lipinski definition) is 1. The van der Waals surface area contributed by atoms with E-state index in [4.69, 9.17) is 4.74 Å². The summed E-state index contributed by atoms with van der Waals surface area (Å²) in [6.45, 7) is 4.06. The minimum absolute atomic E-state index is 0.877. The van der Waals surface area contributed by atoms with Gasteiger partial charge in [0.05, 0.1) is 0 Å². The highest BCUT2D eigenvalue weighted by molar-refractivity contribution is 5.57. The number of para-hydroxylation sites is 1. The lowest BCUT2D eigenvalue weighted by molar-refractivity contribution is 0.481. The molecule has 0 fully saturated rings. The summed E-state index contributed by atoms with van der Waals surface area (Å²) >= 11 is 0. The van der Waals surface area contributed by atoms with Gasteiger partial charge in [0.2, 0.25) is 0 Å². The molecule has 0 radical (unpaired) electrons. The van der Waals surface area contributed by atoms with E-state index in [9.17, 15) is 0 Å². The topological polar surface area (TPSA) is 9.23 Å². The highest BCUT2D eigenvalue weighted by atomic mass is 16.5. The van der Waals surface area contributed by atoms with Crippen LogP contribution in [0.25, 0.3) is 6.08 Å². The van der Waals surface area contributed by atoms with Gasteiger partial charge in [-0.05, 0) is 37.6 Å². The van der Waals surface area contributed by atoms with E-state index in [1.807, 2.05) is 61.5 Å². The molecule has 1 nitrogen and oxygen atoms in total. The fraction of sp³-hybridized carbons (Fsp3) is 0.125. The smallest absolute Gasteiger partial charge is 0.134 e. The van der Waals surface area contributed by atoms with Gasteiger partial charge in [0.1, 0.15) is 11.5 Å². The molecule has 0 N–H and O–H groups in total. The van der Waals surface area contributed by atoms with Crippen molar-refractivity contribution >= 4 is 6.08 Å². The third-order valence-corrected chi connectivity index (χ3v) is 2.48. The van der Waals surface area contributed by atoms with Crippen molar-refractivity contribution in [2.45, 2.75) is 13.8 Å². The van der Waals surface area contributed by atoms with E-state index in [0.29, 0.717) is 0 Å². The summed E-state index contributed by atoms with van der Waals surface area (Å²) < 4.78 is 5.89. The Morgan fingerprint density at radius 2 is 1.82 bits per heavy atom. The number of benzene rings is 2. The molecule has 86 valence electrons. The Balaban J connectivity index is 2.29. The van der Waals surface area contributed by atoms with Crippen molar-refractivity contribution in [3.8, 4) is 11.5 Å². The van der Waals surface area contributed by atoms with Crippen LogP contribution in [0.15, 0.2) is 54.6 Å². The number of rotatable bonds is 3. The van der Waals surface area contributed by atoms with Gasteiger partial charge in [-0.1, -0.05) is 42.5 Å². The summed E-state index contributed by atoms with van der Waals surface area (Å²) in [5.74, 6) is 1.76. The van der Waals surface area contributed by atoms with Crippen molar-refractivity contribution in [1.82, 2.24) is 0 Å². The van der Waals surface area contributed by atoms with Crippen LogP contribution in [0.4, 0.5) is 0 Å². The van der Waals surface area contributed by atoms with E-state index in [1.165, 1.54) is 5.56 Å². The van der Waals surface area contributed by atoms with Crippen molar-refractivity contribution in [3.05, 3.63) is 65.7 Å². The SMILES string of the molecule is CC=Cc1ccccc1Oc1cccc(C)c1. The average molecular weight is 224 g/mol. The molecule has 2 aromatic carbocycles. The summed E-state index contributed by atoms with van der Waals surface area (Å²) in [6.07, 6.45) is 4.06. The van der Waals surface area contributed by atoms with Gasteiger partial charge in [0.25, 0.3) is 0 Å². The molecule has 0 aliphatic rings. The van der Waals surface area contributed by atoms with E-state index in [2.05, 4.69) is 13.0 Å². The molecule has 0 atom stereocenters. The Labute approximate surface area is 102 Å². The second kappa shape index (κ2) is 5.35. The molecule has 0 spiro atoms. The monoisotopic (exact) mass is 224 g/mol. The Kier molecular flexibility index (Phi) is 3.61. The van der Waals surface area contributed by atoms with Gasteiger partial charge >= 0.3 is 0 Å². The second-order valence-electron chi connectivity index (χ2n) is 3.96. The minimum atomic E-state index is 0.877. The summed E-state index contributed by atoms with van der Waals surface area (Å²) in [7, 11) is 0. The van der Waals surface area contributed by atoms with Crippen molar-refractivity contribution in [3.63, 3.8) is 0 Å². The van der Waals surface area contributed by atoms with Crippen molar-refractivity contribution < 1.29 is 4.74 Å². The van der Waals surface area contributed by atoms with Gasteiger partial charge in [0.15, 0.2) is 0 Å². The maximum Gasteiger partial charge on any atom is 0.134 e. The largest absolute Gasteiger partial charge is 0.457 e. The molecular formula is C16H16O. The molecule has 2 aromatic rings. The predicted molar refractivity (Wildman–Crippen MR) is 72.4 cm³/mol. The number of aryl methyl sites for hydroxylation is 1. The normalized spacial score (nSPS) is 10.7. The molecule has 0 saturated heterocycles. The van der Waals surface area contributed by atoms with Crippen LogP contribution < -0.4 is 4.74 Å². The third kappa shape index (κ3) is 2.97. The van der Waals surface area contributed by atoms with Crippen molar-refractivity contribution in [2.75, 3.05) is 0 Å². The zero-order valence-electron chi connectivity index (χ0n) is 10.2. The Morgan fingerprint density at radius 3 is 2.59 bits per heavy atom. The average Bonchev–Trinajstić information content (AvgIpc) is 2.32. The van der Waals surface area contributed by atoms with Gasteiger partial charge in [-0.3, -0.25) is 0 Å². The summed E-state index contributed by atoms with van der Waals surface area (Å²) in [5.41, 5.74) is 2.29. The van der Waals surface area contributed by atoms with Gasteiger partial charge < -0.3 is 4.74 Å². The zero-order chi connectivity index (χ0) is 12.1. The molecular weight excluding hydrogens is 208 g/mol. The molecule has 17 heavy (non-hydrogen) atoms. The highest BCUT2D eigenvalue weighted by Gasteiger charge is 2.01. The maximum atomic E-state index is 5.89. The summed E-state index contributed by atoms with van der Waals surface area (Å²) in [6, 6.07) is 16.1. The van der Waals surface area contributed by atoms with E-state index in [1.54, 1.807) is 0 Å². The van der Waals surface area contributed by atoms with Crippen LogP contribution in [0.1, 0.15) is 18.1 Å². The second-order valence-corrected chi connectivity index (χ2v) is 3.96.